The highest BCUT2D eigenvalue weighted by Crippen LogP contribution is 2.26. The number of carbonyl (C=O) groups excluding carboxylic acids is 1. The van der Waals surface area contributed by atoms with E-state index in [1.54, 1.807) is 0 Å². The minimum Gasteiger partial charge on any atom is -0.471 e. The normalized spacial score (nSPS) is 11.9. The number of hydrogen-bond acceptors (Lipinski definition) is 2. The van der Waals surface area contributed by atoms with E-state index in [1.807, 2.05) is 55.5 Å². The summed E-state index contributed by atoms with van der Waals surface area (Å²) in [5.74, 6) is 1.16. The van der Waals surface area contributed by atoms with Gasteiger partial charge in [-0.1, -0.05) is 60.1 Å². The van der Waals surface area contributed by atoms with Crippen LogP contribution in [0.2, 0.25) is 0 Å². The van der Waals surface area contributed by atoms with Gasteiger partial charge >= 0.3 is 6.03 Å². The lowest BCUT2D eigenvalue weighted by Crippen LogP contribution is -2.43. The van der Waals surface area contributed by atoms with Crippen LogP contribution in [0.15, 0.2) is 53.0 Å². The third-order valence-corrected chi connectivity index (χ3v) is 4.01. The Morgan fingerprint density at radius 1 is 1.12 bits per heavy atom. The lowest BCUT2D eigenvalue weighted by Gasteiger charge is -2.20. The molecule has 2 N–H and O–H groups in total. The maximum absolute atomic E-state index is 12.0. The Morgan fingerprint density at radius 2 is 1.88 bits per heavy atom. The summed E-state index contributed by atoms with van der Waals surface area (Å²) in [6.45, 7) is 6.51. The molecule has 2 amide bonds. The summed E-state index contributed by atoms with van der Waals surface area (Å²) in [4.78, 5) is 12.0. The average Bonchev–Trinajstić information content (AvgIpc) is 2.53. The number of amides is 2. The first kappa shape index (κ1) is 18.3. The lowest BCUT2D eigenvalue weighted by molar-refractivity contribution is 0.175. The van der Waals surface area contributed by atoms with E-state index in [4.69, 9.17) is 4.74 Å². The standard InChI is InChI=1S/C19H23BrN2O2/c1-13(2)17-9-4-5-10-18(17)24-14(3)22-19(23)21-12-15-7-6-8-16(20)11-15/h4-11,13-14H,12H2,1-3H3,(H2,21,22,23). The van der Waals surface area contributed by atoms with Crippen molar-refractivity contribution in [3.8, 4) is 5.75 Å². The van der Waals surface area contributed by atoms with Crippen molar-refractivity contribution < 1.29 is 9.53 Å². The largest absolute Gasteiger partial charge is 0.471 e. The van der Waals surface area contributed by atoms with Gasteiger partial charge in [0.25, 0.3) is 0 Å². The number of urea groups is 1. The molecule has 0 aliphatic carbocycles. The summed E-state index contributed by atoms with van der Waals surface area (Å²) < 4.78 is 6.86. The molecule has 1 unspecified atom stereocenters. The van der Waals surface area contributed by atoms with E-state index in [9.17, 15) is 4.79 Å². The Balaban J connectivity index is 1.86. The van der Waals surface area contributed by atoms with Crippen molar-refractivity contribution in [3.63, 3.8) is 0 Å². The van der Waals surface area contributed by atoms with E-state index in [-0.39, 0.29) is 6.03 Å². The molecule has 0 fully saturated rings. The molecule has 5 heteroatoms. The topological polar surface area (TPSA) is 50.4 Å². The first-order valence-electron chi connectivity index (χ1n) is 8.00. The number of halogens is 1. The fraction of sp³-hybridized carbons (Fsp3) is 0.316. The molecule has 0 aromatic heterocycles. The van der Waals surface area contributed by atoms with Crippen molar-refractivity contribution in [2.75, 3.05) is 0 Å². The molecule has 2 rings (SSSR count). The van der Waals surface area contributed by atoms with Gasteiger partial charge in [-0.15, -0.1) is 0 Å². The second kappa shape index (κ2) is 8.73. The van der Waals surface area contributed by atoms with Crippen LogP contribution in [0.1, 0.15) is 37.8 Å². The first-order valence-corrected chi connectivity index (χ1v) is 8.79. The molecule has 1 atom stereocenters. The van der Waals surface area contributed by atoms with E-state index in [0.717, 1.165) is 21.3 Å². The van der Waals surface area contributed by atoms with Crippen molar-refractivity contribution in [3.05, 3.63) is 64.1 Å². The summed E-state index contributed by atoms with van der Waals surface area (Å²) in [5, 5.41) is 5.62. The molecule has 0 radical (unpaired) electrons. The number of benzene rings is 2. The number of nitrogens with one attached hydrogen (secondary N) is 2. The SMILES string of the molecule is CC(NC(=O)NCc1cccc(Br)c1)Oc1ccccc1C(C)C. The van der Waals surface area contributed by atoms with Gasteiger partial charge in [0.2, 0.25) is 0 Å². The highest BCUT2D eigenvalue weighted by molar-refractivity contribution is 9.10. The Morgan fingerprint density at radius 3 is 2.58 bits per heavy atom. The van der Waals surface area contributed by atoms with Gasteiger partial charge in [0.1, 0.15) is 5.75 Å². The summed E-state index contributed by atoms with van der Waals surface area (Å²) in [5.41, 5.74) is 2.15. The maximum atomic E-state index is 12.0. The van der Waals surface area contributed by atoms with Gasteiger partial charge in [0.15, 0.2) is 6.23 Å². The van der Waals surface area contributed by atoms with E-state index in [2.05, 4.69) is 40.4 Å². The molecule has 0 spiro atoms. The van der Waals surface area contributed by atoms with E-state index in [1.165, 1.54) is 0 Å². The molecule has 2 aromatic carbocycles. The first-order chi connectivity index (χ1) is 11.5. The summed E-state index contributed by atoms with van der Waals surface area (Å²) >= 11 is 3.42. The van der Waals surface area contributed by atoms with E-state index >= 15 is 0 Å². The summed E-state index contributed by atoms with van der Waals surface area (Å²) in [6.07, 6.45) is -0.424. The second-order valence-corrected chi connectivity index (χ2v) is 6.83. The monoisotopic (exact) mass is 390 g/mol. The zero-order valence-corrected chi connectivity index (χ0v) is 15.8. The van der Waals surface area contributed by atoms with Crippen LogP contribution in [0, 0.1) is 0 Å². The minimum absolute atomic E-state index is 0.260. The highest BCUT2D eigenvalue weighted by atomic mass is 79.9. The predicted molar refractivity (Wildman–Crippen MR) is 100 cm³/mol. The molecule has 128 valence electrons. The molecule has 24 heavy (non-hydrogen) atoms. The van der Waals surface area contributed by atoms with Gasteiger partial charge in [0.05, 0.1) is 0 Å². The molecule has 0 saturated heterocycles. The zero-order chi connectivity index (χ0) is 17.5. The average molecular weight is 391 g/mol. The maximum Gasteiger partial charge on any atom is 0.317 e. The van der Waals surface area contributed by atoms with Crippen LogP contribution in [0.5, 0.6) is 5.75 Å². The molecule has 0 bridgehead atoms. The van der Waals surface area contributed by atoms with Crippen LogP contribution in [0.3, 0.4) is 0 Å². The van der Waals surface area contributed by atoms with E-state index < -0.39 is 6.23 Å². The van der Waals surface area contributed by atoms with Crippen LogP contribution in [0.4, 0.5) is 4.79 Å². The Hall–Kier alpha value is -2.01. The van der Waals surface area contributed by atoms with Crippen LogP contribution >= 0.6 is 15.9 Å². The van der Waals surface area contributed by atoms with Gasteiger partial charge in [-0.2, -0.15) is 0 Å². The quantitative estimate of drug-likeness (QED) is 0.696. The Labute approximate surface area is 151 Å². The smallest absolute Gasteiger partial charge is 0.317 e. The molecular formula is C19H23BrN2O2. The van der Waals surface area contributed by atoms with Crippen LogP contribution in [-0.2, 0) is 6.54 Å². The molecule has 4 nitrogen and oxygen atoms in total. The van der Waals surface area contributed by atoms with Crippen molar-refractivity contribution >= 4 is 22.0 Å². The third-order valence-electron chi connectivity index (χ3n) is 3.52. The predicted octanol–water partition coefficient (Wildman–Crippen LogP) is 4.80. The number of hydrogen-bond donors (Lipinski definition) is 2. The van der Waals surface area contributed by atoms with Crippen LogP contribution < -0.4 is 15.4 Å². The molecule has 0 saturated carbocycles. The van der Waals surface area contributed by atoms with Crippen molar-refractivity contribution in [1.82, 2.24) is 10.6 Å². The minimum atomic E-state index is -0.424. The molecular weight excluding hydrogens is 368 g/mol. The fourth-order valence-electron chi connectivity index (χ4n) is 2.35. The highest BCUT2D eigenvalue weighted by Gasteiger charge is 2.12. The molecule has 0 aliphatic heterocycles. The molecule has 2 aromatic rings. The van der Waals surface area contributed by atoms with Crippen LogP contribution in [-0.4, -0.2) is 12.3 Å². The summed E-state index contributed by atoms with van der Waals surface area (Å²) in [7, 11) is 0. The van der Waals surface area contributed by atoms with Gasteiger partial charge in [-0.25, -0.2) is 4.79 Å². The van der Waals surface area contributed by atoms with Gasteiger partial charge in [0, 0.05) is 11.0 Å². The van der Waals surface area contributed by atoms with Gasteiger partial charge < -0.3 is 15.4 Å². The number of ether oxygens (including phenoxy) is 1. The Bertz CT molecular complexity index is 689. The van der Waals surface area contributed by atoms with E-state index in [0.29, 0.717) is 12.5 Å². The number of para-hydroxylation sites is 1. The van der Waals surface area contributed by atoms with Gasteiger partial charge in [-0.05, 0) is 42.2 Å². The van der Waals surface area contributed by atoms with Crippen LogP contribution in [0.25, 0.3) is 0 Å². The molecule has 0 heterocycles. The number of carbonyl (C=O) groups is 1. The fourth-order valence-corrected chi connectivity index (χ4v) is 2.80. The Kier molecular flexibility index (Phi) is 6.67. The lowest BCUT2D eigenvalue weighted by atomic mass is 10.0. The zero-order valence-electron chi connectivity index (χ0n) is 14.2. The van der Waals surface area contributed by atoms with Gasteiger partial charge in [-0.3, -0.25) is 0 Å². The second-order valence-electron chi connectivity index (χ2n) is 5.91. The van der Waals surface area contributed by atoms with Crippen molar-refractivity contribution in [2.24, 2.45) is 0 Å². The van der Waals surface area contributed by atoms with Crippen molar-refractivity contribution in [2.45, 2.75) is 39.5 Å². The van der Waals surface area contributed by atoms with Crippen molar-refractivity contribution in [1.29, 1.82) is 0 Å². The third kappa shape index (κ3) is 5.57. The summed E-state index contributed by atoms with van der Waals surface area (Å²) in [6, 6.07) is 15.5. The number of rotatable bonds is 6. The molecule has 0 aliphatic rings.